The Balaban J connectivity index is 2.92. The molecule has 0 spiro atoms. The second-order valence-corrected chi connectivity index (χ2v) is 4.53. The summed E-state index contributed by atoms with van der Waals surface area (Å²) in [6.07, 6.45) is 1.58. The molecule has 0 saturated carbocycles. The van der Waals surface area contributed by atoms with Gasteiger partial charge in [-0.1, -0.05) is 6.92 Å². The number of aryl methyl sites for hydroxylation is 2. The number of imidazole rings is 1. The highest BCUT2D eigenvalue weighted by atomic mass is 16.3. The fraction of sp³-hybridized carbons (Fsp3) is 0.583. The van der Waals surface area contributed by atoms with Crippen LogP contribution in [0.25, 0.3) is 11.2 Å². The van der Waals surface area contributed by atoms with E-state index in [-0.39, 0.29) is 12.2 Å². The molecule has 0 atom stereocenters. The molecule has 1 N–H and O–H groups in total. The molecule has 2 rings (SSSR count). The van der Waals surface area contributed by atoms with Crippen LogP contribution in [0.5, 0.6) is 0 Å². The predicted molar refractivity (Wildman–Crippen MR) is 71.3 cm³/mol. The van der Waals surface area contributed by atoms with Gasteiger partial charge in [-0.15, -0.1) is 0 Å². The SMILES string of the molecule is CCCc1nc2c(c(=O)n(C)c(=O)n2C)n1CCO. The Hall–Kier alpha value is -1.89. The van der Waals surface area contributed by atoms with Crippen molar-refractivity contribution in [2.75, 3.05) is 6.61 Å². The van der Waals surface area contributed by atoms with Gasteiger partial charge in [0.1, 0.15) is 5.82 Å². The highest BCUT2D eigenvalue weighted by Crippen LogP contribution is 2.12. The molecule has 0 aliphatic carbocycles. The number of fused-ring (bicyclic) bond motifs is 1. The minimum Gasteiger partial charge on any atom is -0.395 e. The number of aliphatic hydroxyl groups is 1. The summed E-state index contributed by atoms with van der Waals surface area (Å²) in [5.74, 6) is 0.727. The summed E-state index contributed by atoms with van der Waals surface area (Å²) in [5.41, 5.74) is -0.0114. The van der Waals surface area contributed by atoms with E-state index in [2.05, 4.69) is 4.98 Å². The van der Waals surface area contributed by atoms with Crippen LogP contribution in [-0.2, 0) is 27.1 Å². The van der Waals surface area contributed by atoms with Crippen LogP contribution >= 0.6 is 0 Å². The Morgan fingerprint density at radius 3 is 2.47 bits per heavy atom. The maximum Gasteiger partial charge on any atom is 0.332 e. The van der Waals surface area contributed by atoms with Crippen LogP contribution in [0.15, 0.2) is 9.59 Å². The quantitative estimate of drug-likeness (QED) is 0.799. The Morgan fingerprint density at radius 1 is 1.21 bits per heavy atom. The maximum atomic E-state index is 12.2. The van der Waals surface area contributed by atoms with Gasteiger partial charge in [-0.2, -0.15) is 0 Å². The largest absolute Gasteiger partial charge is 0.395 e. The molecule has 0 aromatic carbocycles. The van der Waals surface area contributed by atoms with Gasteiger partial charge in [0, 0.05) is 27.1 Å². The zero-order valence-corrected chi connectivity index (χ0v) is 11.4. The number of aliphatic hydroxyl groups excluding tert-OH is 1. The first kappa shape index (κ1) is 13.5. The normalized spacial score (nSPS) is 11.4. The van der Waals surface area contributed by atoms with E-state index in [1.807, 2.05) is 6.92 Å². The first-order valence-electron chi connectivity index (χ1n) is 6.28. The zero-order valence-electron chi connectivity index (χ0n) is 11.4. The zero-order chi connectivity index (χ0) is 14.2. The number of aromatic nitrogens is 4. The highest BCUT2D eigenvalue weighted by Gasteiger charge is 2.17. The first-order chi connectivity index (χ1) is 9.02. The van der Waals surface area contributed by atoms with E-state index in [4.69, 9.17) is 5.11 Å². The molecule has 19 heavy (non-hydrogen) atoms. The lowest BCUT2D eigenvalue weighted by Crippen LogP contribution is -2.37. The fourth-order valence-corrected chi connectivity index (χ4v) is 2.25. The molecule has 104 valence electrons. The van der Waals surface area contributed by atoms with E-state index < -0.39 is 5.69 Å². The smallest absolute Gasteiger partial charge is 0.332 e. The van der Waals surface area contributed by atoms with Crippen LogP contribution in [0.1, 0.15) is 19.2 Å². The van der Waals surface area contributed by atoms with E-state index in [9.17, 15) is 9.59 Å². The van der Waals surface area contributed by atoms with Gasteiger partial charge < -0.3 is 9.67 Å². The van der Waals surface area contributed by atoms with Crippen LogP contribution in [0.3, 0.4) is 0 Å². The Morgan fingerprint density at radius 2 is 1.89 bits per heavy atom. The van der Waals surface area contributed by atoms with Gasteiger partial charge in [-0.25, -0.2) is 9.78 Å². The molecule has 0 aliphatic rings. The second kappa shape index (κ2) is 5.00. The average molecular weight is 266 g/mol. The molecule has 0 bridgehead atoms. The maximum absolute atomic E-state index is 12.2. The summed E-state index contributed by atoms with van der Waals surface area (Å²) >= 11 is 0. The molecule has 0 unspecified atom stereocenters. The van der Waals surface area contributed by atoms with Crippen LogP contribution in [-0.4, -0.2) is 30.4 Å². The average Bonchev–Trinajstić information content (AvgIpc) is 2.74. The van der Waals surface area contributed by atoms with E-state index in [1.165, 1.54) is 11.6 Å². The van der Waals surface area contributed by atoms with Crippen molar-refractivity contribution in [1.82, 2.24) is 18.7 Å². The summed E-state index contributed by atoms with van der Waals surface area (Å²) in [7, 11) is 3.04. The molecule has 0 amide bonds. The van der Waals surface area contributed by atoms with E-state index in [0.717, 1.165) is 16.8 Å². The van der Waals surface area contributed by atoms with Crippen LogP contribution < -0.4 is 11.2 Å². The van der Waals surface area contributed by atoms with E-state index in [0.29, 0.717) is 24.1 Å². The summed E-state index contributed by atoms with van der Waals surface area (Å²) in [5, 5.41) is 9.15. The van der Waals surface area contributed by atoms with Crippen molar-refractivity contribution in [3.8, 4) is 0 Å². The van der Waals surface area contributed by atoms with Gasteiger partial charge in [-0.05, 0) is 6.42 Å². The predicted octanol–water partition coefficient (Wildman–Crippen LogP) is -0.621. The van der Waals surface area contributed by atoms with Crippen molar-refractivity contribution in [1.29, 1.82) is 0 Å². The molecule has 7 nitrogen and oxygen atoms in total. The number of hydrogen-bond donors (Lipinski definition) is 1. The lowest BCUT2D eigenvalue weighted by molar-refractivity contribution is 0.276. The Labute approximate surface area is 109 Å². The minimum atomic E-state index is -0.394. The molecule has 0 saturated heterocycles. The molecule has 0 aliphatic heterocycles. The van der Waals surface area contributed by atoms with Crippen molar-refractivity contribution >= 4 is 11.2 Å². The van der Waals surface area contributed by atoms with Crippen molar-refractivity contribution in [3.05, 3.63) is 26.7 Å². The summed E-state index contributed by atoms with van der Waals surface area (Å²) in [6.45, 7) is 2.24. The lowest BCUT2D eigenvalue weighted by Gasteiger charge is -2.07. The molecular formula is C12H18N4O3. The van der Waals surface area contributed by atoms with Gasteiger partial charge >= 0.3 is 5.69 Å². The minimum absolute atomic E-state index is 0.0752. The Kier molecular flexibility index (Phi) is 3.57. The second-order valence-electron chi connectivity index (χ2n) is 4.53. The van der Waals surface area contributed by atoms with Crippen LogP contribution in [0, 0.1) is 0 Å². The molecule has 2 aromatic heterocycles. The van der Waals surface area contributed by atoms with Crippen molar-refractivity contribution in [2.45, 2.75) is 26.3 Å². The lowest BCUT2D eigenvalue weighted by atomic mass is 10.3. The monoisotopic (exact) mass is 266 g/mol. The fourth-order valence-electron chi connectivity index (χ4n) is 2.25. The number of nitrogens with zero attached hydrogens (tertiary/aromatic N) is 4. The molecular weight excluding hydrogens is 248 g/mol. The summed E-state index contributed by atoms with van der Waals surface area (Å²) in [6, 6.07) is 0. The van der Waals surface area contributed by atoms with Crippen LogP contribution in [0.4, 0.5) is 0 Å². The molecule has 2 heterocycles. The van der Waals surface area contributed by atoms with Gasteiger partial charge in [0.2, 0.25) is 0 Å². The van der Waals surface area contributed by atoms with E-state index >= 15 is 0 Å². The standard InChI is InChI=1S/C12H18N4O3/c1-4-5-8-13-10-9(16(8)6-7-17)11(18)15(3)12(19)14(10)2/h17H,4-7H2,1-3H3. The van der Waals surface area contributed by atoms with E-state index in [1.54, 1.807) is 11.6 Å². The third kappa shape index (κ3) is 1.99. The van der Waals surface area contributed by atoms with Gasteiger partial charge in [-0.3, -0.25) is 13.9 Å². The van der Waals surface area contributed by atoms with Gasteiger partial charge in [0.25, 0.3) is 5.56 Å². The van der Waals surface area contributed by atoms with Crippen molar-refractivity contribution in [3.63, 3.8) is 0 Å². The Bertz CT molecular complexity index is 723. The first-order valence-corrected chi connectivity index (χ1v) is 6.28. The van der Waals surface area contributed by atoms with Crippen molar-refractivity contribution in [2.24, 2.45) is 14.1 Å². The molecule has 7 heteroatoms. The highest BCUT2D eigenvalue weighted by molar-refractivity contribution is 5.71. The van der Waals surface area contributed by atoms with Gasteiger partial charge in [0.05, 0.1) is 6.61 Å². The molecule has 2 aromatic rings. The summed E-state index contributed by atoms with van der Waals surface area (Å²) in [4.78, 5) is 28.5. The third-order valence-electron chi connectivity index (χ3n) is 3.22. The topological polar surface area (TPSA) is 82.0 Å². The molecule has 0 radical (unpaired) electrons. The summed E-state index contributed by atoms with van der Waals surface area (Å²) < 4.78 is 4.14. The number of rotatable bonds is 4. The van der Waals surface area contributed by atoms with Crippen molar-refractivity contribution < 1.29 is 5.11 Å². The van der Waals surface area contributed by atoms with Gasteiger partial charge in [0.15, 0.2) is 11.2 Å². The number of hydrogen-bond acceptors (Lipinski definition) is 4. The molecule has 0 fully saturated rings. The third-order valence-corrected chi connectivity index (χ3v) is 3.22. The van der Waals surface area contributed by atoms with Crippen LogP contribution in [0.2, 0.25) is 0 Å².